The third-order valence-corrected chi connectivity index (χ3v) is 4.05. The first-order chi connectivity index (χ1) is 11.1. The first-order valence-electron chi connectivity index (χ1n) is 7.70. The highest BCUT2D eigenvalue weighted by Crippen LogP contribution is 2.20. The van der Waals surface area contributed by atoms with Crippen molar-refractivity contribution in [1.82, 2.24) is 25.1 Å². The van der Waals surface area contributed by atoms with E-state index in [1.807, 2.05) is 24.1 Å². The summed E-state index contributed by atoms with van der Waals surface area (Å²) >= 11 is 0. The first-order valence-corrected chi connectivity index (χ1v) is 7.70. The number of nitrogens with zero attached hydrogens (tertiary/aromatic N) is 4. The van der Waals surface area contributed by atoms with Crippen molar-refractivity contribution >= 4 is 11.6 Å². The summed E-state index contributed by atoms with van der Waals surface area (Å²) in [6, 6.07) is 2.02. The van der Waals surface area contributed by atoms with Gasteiger partial charge in [0.25, 0.3) is 0 Å². The molecular formula is C15H20N6O2. The molecule has 1 amide bonds. The number of amides is 1. The summed E-state index contributed by atoms with van der Waals surface area (Å²) in [7, 11) is 0. The van der Waals surface area contributed by atoms with E-state index in [4.69, 9.17) is 0 Å². The van der Waals surface area contributed by atoms with Crippen molar-refractivity contribution in [2.24, 2.45) is 0 Å². The molecule has 122 valence electrons. The molecule has 1 fully saturated rings. The monoisotopic (exact) mass is 316 g/mol. The second kappa shape index (κ2) is 6.64. The van der Waals surface area contributed by atoms with Crippen molar-refractivity contribution in [3.63, 3.8) is 0 Å². The zero-order chi connectivity index (χ0) is 16.2. The number of hydrogen-bond acceptors (Lipinski definition) is 5. The van der Waals surface area contributed by atoms with Crippen LogP contribution in [0.5, 0.6) is 0 Å². The molecule has 2 aromatic rings. The molecule has 3 rings (SSSR count). The molecule has 23 heavy (non-hydrogen) atoms. The molecule has 1 saturated heterocycles. The smallest absolute Gasteiger partial charge is 0.340 e. The van der Waals surface area contributed by atoms with Gasteiger partial charge in [-0.15, -0.1) is 0 Å². The lowest BCUT2D eigenvalue weighted by Crippen LogP contribution is -2.36. The molecule has 2 N–H and O–H groups in total. The number of aromatic amines is 2. The van der Waals surface area contributed by atoms with Crippen molar-refractivity contribution in [2.45, 2.75) is 19.8 Å². The van der Waals surface area contributed by atoms with Gasteiger partial charge in [-0.3, -0.25) is 14.8 Å². The Bertz CT molecular complexity index is 737. The van der Waals surface area contributed by atoms with Crippen LogP contribution >= 0.6 is 0 Å². The lowest BCUT2D eigenvalue weighted by atomic mass is 10.2. The molecule has 0 bridgehead atoms. The topological polar surface area (TPSA) is 98.0 Å². The van der Waals surface area contributed by atoms with E-state index < -0.39 is 0 Å². The Balaban J connectivity index is 1.63. The molecule has 8 heteroatoms. The summed E-state index contributed by atoms with van der Waals surface area (Å²) in [5.41, 5.74) is 1.93. The van der Waals surface area contributed by atoms with E-state index in [0.29, 0.717) is 18.9 Å². The van der Waals surface area contributed by atoms with E-state index in [1.54, 1.807) is 6.20 Å². The van der Waals surface area contributed by atoms with Gasteiger partial charge in [0.05, 0.1) is 6.42 Å². The van der Waals surface area contributed by atoms with Crippen LogP contribution in [0.15, 0.2) is 23.3 Å². The Hall–Kier alpha value is -2.64. The number of aromatic nitrogens is 4. The van der Waals surface area contributed by atoms with Gasteiger partial charge in [-0.05, 0) is 25.0 Å². The Kier molecular flexibility index (Phi) is 4.40. The highest BCUT2D eigenvalue weighted by atomic mass is 16.2. The van der Waals surface area contributed by atoms with Crippen molar-refractivity contribution < 1.29 is 4.79 Å². The van der Waals surface area contributed by atoms with Gasteiger partial charge in [-0.25, -0.2) is 9.89 Å². The standard InChI is InChI=1S/C15H20N6O2/c1-11-10-16-4-3-12(11)20-5-2-6-21(8-7-20)14(22)9-13-17-15(23)19-18-13/h3-4,10H,2,5-9H2,1H3,(H2,17,18,19,23). The molecule has 0 aliphatic carbocycles. The number of pyridine rings is 1. The SMILES string of the molecule is Cc1cnccc1N1CCCN(C(=O)Cc2n[nH]c(=O)[nH]2)CC1. The van der Waals surface area contributed by atoms with Crippen LogP contribution in [0.1, 0.15) is 17.8 Å². The number of carbonyl (C=O) groups excluding carboxylic acids is 1. The van der Waals surface area contributed by atoms with Gasteiger partial charge in [0.15, 0.2) is 0 Å². The minimum atomic E-state index is -0.386. The highest BCUT2D eigenvalue weighted by molar-refractivity contribution is 5.78. The van der Waals surface area contributed by atoms with Gasteiger partial charge in [-0.2, -0.15) is 5.10 Å². The largest absolute Gasteiger partial charge is 0.369 e. The van der Waals surface area contributed by atoms with Crippen molar-refractivity contribution in [1.29, 1.82) is 0 Å². The van der Waals surface area contributed by atoms with Crippen LogP contribution < -0.4 is 10.6 Å². The summed E-state index contributed by atoms with van der Waals surface area (Å²) in [5, 5.41) is 6.07. The Morgan fingerprint density at radius 2 is 2.17 bits per heavy atom. The molecule has 0 atom stereocenters. The number of aryl methyl sites for hydroxylation is 1. The van der Waals surface area contributed by atoms with Crippen LogP contribution in [0, 0.1) is 6.92 Å². The van der Waals surface area contributed by atoms with Crippen LogP contribution in [-0.4, -0.2) is 57.2 Å². The zero-order valence-electron chi connectivity index (χ0n) is 13.1. The average molecular weight is 316 g/mol. The van der Waals surface area contributed by atoms with Crippen LogP contribution in [0.2, 0.25) is 0 Å². The number of anilines is 1. The number of carbonyl (C=O) groups is 1. The molecule has 2 aromatic heterocycles. The second-order valence-corrected chi connectivity index (χ2v) is 5.68. The molecule has 0 aromatic carbocycles. The third kappa shape index (κ3) is 3.58. The normalized spacial score (nSPS) is 15.5. The molecular weight excluding hydrogens is 296 g/mol. The van der Waals surface area contributed by atoms with Gasteiger partial charge in [0.2, 0.25) is 5.91 Å². The lowest BCUT2D eigenvalue weighted by molar-refractivity contribution is -0.130. The summed E-state index contributed by atoms with van der Waals surface area (Å²) in [4.78, 5) is 34.2. The highest BCUT2D eigenvalue weighted by Gasteiger charge is 2.21. The molecule has 3 heterocycles. The molecule has 0 spiro atoms. The Labute approximate surface area is 133 Å². The maximum absolute atomic E-state index is 12.4. The predicted octanol–water partition coefficient (Wildman–Crippen LogP) is 0.0828. The minimum absolute atomic E-state index is 0.0129. The third-order valence-electron chi connectivity index (χ3n) is 4.05. The van der Waals surface area contributed by atoms with Gasteiger partial charge < -0.3 is 9.80 Å². The van der Waals surface area contributed by atoms with Gasteiger partial charge in [0.1, 0.15) is 5.82 Å². The number of hydrogen-bond donors (Lipinski definition) is 2. The molecule has 1 aliphatic heterocycles. The summed E-state index contributed by atoms with van der Waals surface area (Å²) in [6.07, 6.45) is 4.68. The Morgan fingerprint density at radius 1 is 1.30 bits per heavy atom. The van der Waals surface area contributed by atoms with Crippen LogP contribution in [0.25, 0.3) is 0 Å². The van der Waals surface area contributed by atoms with Crippen molar-refractivity contribution in [2.75, 3.05) is 31.1 Å². The van der Waals surface area contributed by atoms with Gasteiger partial charge in [-0.1, -0.05) is 0 Å². The van der Waals surface area contributed by atoms with Crippen LogP contribution in [0.3, 0.4) is 0 Å². The van der Waals surface area contributed by atoms with Crippen molar-refractivity contribution in [3.8, 4) is 0 Å². The molecule has 0 radical (unpaired) electrons. The molecule has 1 aliphatic rings. The quantitative estimate of drug-likeness (QED) is 0.836. The fraction of sp³-hybridized carbons (Fsp3) is 0.467. The average Bonchev–Trinajstić information content (AvgIpc) is 2.80. The maximum Gasteiger partial charge on any atom is 0.340 e. The number of H-pyrrole nitrogens is 2. The number of rotatable bonds is 3. The van der Waals surface area contributed by atoms with Crippen molar-refractivity contribution in [3.05, 3.63) is 40.3 Å². The van der Waals surface area contributed by atoms with E-state index in [-0.39, 0.29) is 18.0 Å². The van der Waals surface area contributed by atoms with E-state index in [9.17, 15) is 9.59 Å². The summed E-state index contributed by atoms with van der Waals surface area (Å²) < 4.78 is 0. The van der Waals surface area contributed by atoms with E-state index in [1.165, 1.54) is 5.69 Å². The van der Waals surface area contributed by atoms with E-state index in [2.05, 4.69) is 25.1 Å². The van der Waals surface area contributed by atoms with Crippen LogP contribution in [0.4, 0.5) is 5.69 Å². The molecule has 0 unspecified atom stereocenters. The Morgan fingerprint density at radius 3 is 2.91 bits per heavy atom. The maximum atomic E-state index is 12.4. The number of nitrogens with one attached hydrogen (secondary N) is 2. The fourth-order valence-corrected chi connectivity index (χ4v) is 2.87. The lowest BCUT2D eigenvalue weighted by Gasteiger charge is -2.24. The summed E-state index contributed by atoms with van der Waals surface area (Å²) in [6.45, 7) is 5.12. The molecule has 8 nitrogen and oxygen atoms in total. The molecule has 0 saturated carbocycles. The fourth-order valence-electron chi connectivity index (χ4n) is 2.87. The van der Waals surface area contributed by atoms with Gasteiger partial charge >= 0.3 is 5.69 Å². The van der Waals surface area contributed by atoms with Crippen LogP contribution in [-0.2, 0) is 11.2 Å². The minimum Gasteiger partial charge on any atom is -0.369 e. The zero-order valence-corrected chi connectivity index (χ0v) is 13.1. The first kappa shape index (κ1) is 15.3. The van der Waals surface area contributed by atoms with Gasteiger partial charge in [0, 0.05) is 44.3 Å². The van der Waals surface area contributed by atoms with E-state index >= 15 is 0 Å². The second-order valence-electron chi connectivity index (χ2n) is 5.68. The predicted molar refractivity (Wildman–Crippen MR) is 85.3 cm³/mol. The van der Waals surface area contributed by atoms with E-state index in [0.717, 1.165) is 25.1 Å². The summed E-state index contributed by atoms with van der Waals surface area (Å²) in [5.74, 6) is 0.368.